The summed E-state index contributed by atoms with van der Waals surface area (Å²) in [6.45, 7) is 4.91. The SMILES string of the molecule is CCOC(=O)C1=C(C)N=c2s/c(=C\c3ccc(OC(C)=O)c(OC)c3)c(=O)n2[C@@H]1c1ccco1. The van der Waals surface area contributed by atoms with E-state index in [0.717, 1.165) is 0 Å². The number of thiazole rings is 1. The van der Waals surface area contributed by atoms with Crippen LogP contribution in [-0.4, -0.2) is 30.2 Å². The number of benzene rings is 1. The normalized spacial score (nSPS) is 15.5. The second kappa shape index (κ2) is 9.52. The van der Waals surface area contributed by atoms with E-state index in [2.05, 4.69) is 4.99 Å². The Hall–Kier alpha value is -3.92. The first kappa shape index (κ1) is 23.2. The van der Waals surface area contributed by atoms with Gasteiger partial charge in [0.1, 0.15) is 11.8 Å². The molecule has 1 atom stereocenters. The summed E-state index contributed by atoms with van der Waals surface area (Å²) in [4.78, 5) is 42.5. The molecule has 10 heteroatoms. The molecule has 2 aromatic heterocycles. The van der Waals surface area contributed by atoms with Gasteiger partial charge in [-0.15, -0.1) is 0 Å². The van der Waals surface area contributed by atoms with Crippen molar-refractivity contribution < 1.29 is 28.2 Å². The van der Waals surface area contributed by atoms with Gasteiger partial charge >= 0.3 is 11.9 Å². The number of hydrogen-bond acceptors (Lipinski definition) is 9. The molecule has 176 valence electrons. The van der Waals surface area contributed by atoms with Crippen LogP contribution in [0.1, 0.15) is 38.1 Å². The topological polar surface area (TPSA) is 109 Å². The van der Waals surface area contributed by atoms with Crippen molar-refractivity contribution in [3.8, 4) is 11.5 Å². The number of carbonyl (C=O) groups excluding carboxylic acids is 2. The summed E-state index contributed by atoms with van der Waals surface area (Å²) in [5.74, 6) is 0.0412. The first-order valence-corrected chi connectivity index (χ1v) is 11.2. The zero-order chi connectivity index (χ0) is 24.4. The summed E-state index contributed by atoms with van der Waals surface area (Å²) >= 11 is 1.19. The molecule has 3 heterocycles. The molecule has 0 saturated carbocycles. The number of aromatic nitrogens is 1. The van der Waals surface area contributed by atoms with Gasteiger partial charge in [0.25, 0.3) is 5.56 Å². The zero-order valence-electron chi connectivity index (χ0n) is 19.0. The van der Waals surface area contributed by atoms with Gasteiger partial charge in [0.2, 0.25) is 0 Å². The van der Waals surface area contributed by atoms with Crippen molar-refractivity contribution >= 4 is 29.4 Å². The predicted octanol–water partition coefficient (Wildman–Crippen LogP) is 2.33. The van der Waals surface area contributed by atoms with Crippen molar-refractivity contribution in [1.29, 1.82) is 0 Å². The van der Waals surface area contributed by atoms with Crippen molar-refractivity contribution in [2.24, 2.45) is 4.99 Å². The molecule has 0 fully saturated rings. The largest absolute Gasteiger partial charge is 0.493 e. The van der Waals surface area contributed by atoms with Crippen molar-refractivity contribution in [2.45, 2.75) is 26.8 Å². The van der Waals surface area contributed by atoms with Crippen molar-refractivity contribution in [3.63, 3.8) is 0 Å². The highest BCUT2D eigenvalue weighted by Gasteiger charge is 2.35. The zero-order valence-corrected chi connectivity index (χ0v) is 19.8. The third-order valence-electron chi connectivity index (χ3n) is 5.07. The number of carbonyl (C=O) groups is 2. The second-order valence-corrected chi connectivity index (χ2v) is 8.33. The van der Waals surface area contributed by atoms with Crippen LogP contribution < -0.4 is 24.4 Å². The minimum absolute atomic E-state index is 0.191. The molecule has 1 aromatic carbocycles. The number of nitrogens with zero attached hydrogens (tertiary/aromatic N) is 2. The van der Waals surface area contributed by atoms with E-state index in [1.165, 1.54) is 36.2 Å². The van der Waals surface area contributed by atoms with Gasteiger partial charge in [-0.2, -0.15) is 0 Å². The highest BCUT2D eigenvalue weighted by molar-refractivity contribution is 7.07. The molecule has 0 radical (unpaired) electrons. The molecule has 0 N–H and O–H groups in total. The molecule has 4 rings (SSSR count). The van der Waals surface area contributed by atoms with E-state index in [1.807, 2.05) is 0 Å². The average Bonchev–Trinajstić information content (AvgIpc) is 3.42. The van der Waals surface area contributed by atoms with E-state index in [0.29, 0.717) is 32.1 Å². The third-order valence-corrected chi connectivity index (χ3v) is 6.05. The molecule has 0 amide bonds. The maximum Gasteiger partial charge on any atom is 0.338 e. The number of rotatable bonds is 6. The predicted molar refractivity (Wildman–Crippen MR) is 123 cm³/mol. The van der Waals surface area contributed by atoms with Gasteiger partial charge in [-0.1, -0.05) is 17.4 Å². The average molecular weight is 483 g/mol. The first-order valence-electron chi connectivity index (χ1n) is 10.4. The standard InChI is InChI=1S/C24H22N2O7S/c1-5-31-23(29)20-13(2)25-24-26(21(20)17-7-6-10-32-17)22(28)19(34-24)12-15-8-9-16(33-14(3)27)18(11-15)30-4/h6-12,21H,5H2,1-4H3/b19-12-/t21-/m1/s1. The maximum absolute atomic E-state index is 13.5. The highest BCUT2D eigenvalue weighted by atomic mass is 32.1. The fraction of sp³-hybridized carbons (Fsp3) is 0.250. The first-order chi connectivity index (χ1) is 16.3. The molecule has 1 aliphatic heterocycles. The summed E-state index contributed by atoms with van der Waals surface area (Å²) < 4.78 is 23.1. The molecule has 1 aliphatic rings. The molecule has 0 unspecified atom stereocenters. The van der Waals surface area contributed by atoms with E-state index >= 15 is 0 Å². The fourth-order valence-corrected chi connectivity index (χ4v) is 4.72. The van der Waals surface area contributed by atoms with Crippen LogP contribution in [0.25, 0.3) is 6.08 Å². The Balaban J connectivity index is 1.86. The van der Waals surface area contributed by atoms with Crippen molar-refractivity contribution in [3.05, 3.63) is 78.9 Å². The highest BCUT2D eigenvalue weighted by Crippen LogP contribution is 2.31. The molecule has 0 saturated heterocycles. The summed E-state index contributed by atoms with van der Waals surface area (Å²) in [5, 5.41) is 0. The maximum atomic E-state index is 13.5. The van der Waals surface area contributed by atoms with Gasteiger partial charge in [-0.3, -0.25) is 14.2 Å². The van der Waals surface area contributed by atoms with Crippen LogP contribution in [0.5, 0.6) is 11.5 Å². The van der Waals surface area contributed by atoms with Crippen LogP contribution >= 0.6 is 11.3 Å². The van der Waals surface area contributed by atoms with E-state index in [4.69, 9.17) is 18.6 Å². The van der Waals surface area contributed by atoms with Crippen LogP contribution in [0.4, 0.5) is 0 Å². The number of esters is 2. The molecule has 9 nitrogen and oxygen atoms in total. The molecule has 3 aromatic rings. The summed E-state index contributed by atoms with van der Waals surface area (Å²) in [6.07, 6.45) is 3.17. The quantitative estimate of drug-likeness (QED) is 0.392. The van der Waals surface area contributed by atoms with E-state index < -0.39 is 18.0 Å². The number of ether oxygens (including phenoxy) is 3. The molecule has 0 aliphatic carbocycles. The lowest BCUT2D eigenvalue weighted by Gasteiger charge is -2.22. The summed E-state index contributed by atoms with van der Waals surface area (Å²) in [6, 6.07) is 7.57. The Bertz CT molecular complexity index is 1460. The summed E-state index contributed by atoms with van der Waals surface area (Å²) in [7, 11) is 1.46. The van der Waals surface area contributed by atoms with Crippen LogP contribution in [-0.2, 0) is 14.3 Å². The van der Waals surface area contributed by atoms with Gasteiger partial charge in [0.05, 0.1) is 35.8 Å². The van der Waals surface area contributed by atoms with E-state index in [-0.39, 0.29) is 23.5 Å². The van der Waals surface area contributed by atoms with Crippen molar-refractivity contribution in [1.82, 2.24) is 4.57 Å². The molecular formula is C24H22N2O7S. The van der Waals surface area contributed by atoms with E-state index in [9.17, 15) is 14.4 Å². The summed E-state index contributed by atoms with van der Waals surface area (Å²) in [5.41, 5.74) is 1.04. The molecule has 0 bridgehead atoms. The van der Waals surface area contributed by atoms with Gasteiger partial charge in [-0.05, 0) is 49.8 Å². The molecule has 0 spiro atoms. The Morgan fingerprint density at radius 2 is 2.06 bits per heavy atom. The Labute approximate surface area is 198 Å². The number of fused-ring (bicyclic) bond motifs is 1. The number of hydrogen-bond donors (Lipinski definition) is 0. The second-order valence-electron chi connectivity index (χ2n) is 7.32. The van der Waals surface area contributed by atoms with Crippen LogP contribution in [0.15, 0.2) is 62.1 Å². The molecule has 34 heavy (non-hydrogen) atoms. The van der Waals surface area contributed by atoms with E-state index in [1.54, 1.807) is 50.3 Å². The lowest BCUT2D eigenvalue weighted by molar-refractivity contribution is -0.139. The Morgan fingerprint density at radius 1 is 1.26 bits per heavy atom. The van der Waals surface area contributed by atoms with Gasteiger partial charge in [0, 0.05) is 6.92 Å². The van der Waals surface area contributed by atoms with Crippen LogP contribution in [0.2, 0.25) is 0 Å². The lowest BCUT2D eigenvalue weighted by atomic mass is 10.0. The third kappa shape index (κ3) is 4.32. The Kier molecular flexibility index (Phi) is 6.51. The minimum atomic E-state index is -0.798. The number of furan rings is 1. The van der Waals surface area contributed by atoms with Gasteiger partial charge in [-0.25, -0.2) is 9.79 Å². The number of methoxy groups -OCH3 is 1. The number of allylic oxidation sites excluding steroid dienone is 1. The van der Waals surface area contributed by atoms with Crippen LogP contribution in [0, 0.1) is 0 Å². The monoisotopic (exact) mass is 482 g/mol. The fourth-order valence-electron chi connectivity index (χ4n) is 3.67. The van der Waals surface area contributed by atoms with Crippen molar-refractivity contribution in [2.75, 3.05) is 13.7 Å². The van der Waals surface area contributed by atoms with Crippen LogP contribution in [0.3, 0.4) is 0 Å². The molecular weight excluding hydrogens is 460 g/mol. The Morgan fingerprint density at radius 3 is 2.71 bits per heavy atom. The minimum Gasteiger partial charge on any atom is -0.493 e. The van der Waals surface area contributed by atoms with Gasteiger partial charge < -0.3 is 18.6 Å². The smallest absolute Gasteiger partial charge is 0.338 e. The van der Waals surface area contributed by atoms with Gasteiger partial charge in [0.15, 0.2) is 16.3 Å². The lowest BCUT2D eigenvalue weighted by Crippen LogP contribution is -2.39.